The molecule has 0 aliphatic carbocycles. The first kappa shape index (κ1) is 20.9. The van der Waals surface area contributed by atoms with E-state index in [0.29, 0.717) is 0 Å². The molecule has 4 rings (SSSR count). The van der Waals surface area contributed by atoms with E-state index in [9.17, 15) is 0 Å². The lowest BCUT2D eigenvalue weighted by Crippen LogP contribution is -2.10. The number of benzene rings is 1. The van der Waals surface area contributed by atoms with Crippen LogP contribution < -0.4 is 4.72 Å². The summed E-state index contributed by atoms with van der Waals surface area (Å²) in [4.78, 5) is 5.56. The molecule has 0 amide bonds. The van der Waals surface area contributed by atoms with Crippen LogP contribution in [0.5, 0.6) is 0 Å². The fourth-order valence-electron chi connectivity index (χ4n) is 2.80. The van der Waals surface area contributed by atoms with Crippen LogP contribution in [0.4, 0.5) is 5.82 Å². The standard InChI is InChI=1S/C20H22N6S.C2H6/c1-20(2,3)15-5-7-16(8-6-15)27-24-18-9-10-21-19-11-17(23-26(18)19)14-12-22-25(4)13-14;1-2/h5-13,24H,1-4H3;1-2H3. The van der Waals surface area contributed by atoms with E-state index in [1.54, 1.807) is 29.0 Å². The SMILES string of the molecule is CC.Cn1cc(-c2cc3nccc(NSc4ccc(C(C)(C)C)cc4)n3n2)cn1. The third-order valence-corrected chi connectivity index (χ3v) is 5.17. The minimum Gasteiger partial charge on any atom is -0.310 e. The highest BCUT2D eigenvalue weighted by Gasteiger charge is 2.13. The van der Waals surface area contributed by atoms with Crippen molar-refractivity contribution in [3.05, 3.63) is 60.6 Å². The zero-order valence-electron chi connectivity index (χ0n) is 17.8. The van der Waals surface area contributed by atoms with Crippen molar-refractivity contribution < 1.29 is 0 Å². The van der Waals surface area contributed by atoms with E-state index in [1.165, 1.54) is 5.56 Å². The zero-order valence-corrected chi connectivity index (χ0v) is 18.7. The number of anilines is 1. The molecule has 0 saturated heterocycles. The molecule has 0 atom stereocenters. The highest BCUT2D eigenvalue weighted by atomic mass is 32.2. The quantitative estimate of drug-likeness (QED) is 0.447. The van der Waals surface area contributed by atoms with E-state index in [0.717, 1.165) is 27.6 Å². The molecular weight excluding hydrogens is 380 g/mol. The minimum atomic E-state index is 0.158. The number of aryl methyl sites for hydroxylation is 1. The first-order valence-corrected chi connectivity index (χ1v) is 10.6. The molecule has 0 radical (unpaired) electrons. The summed E-state index contributed by atoms with van der Waals surface area (Å²) >= 11 is 1.56. The van der Waals surface area contributed by atoms with E-state index in [-0.39, 0.29) is 5.41 Å². The van der Waals surface area contributed by atoms with Crippen LogP contribution in [-0.2, 0) is 12.5 Å². The lowest BCUT2D eigenvalue weighted by Gasteiger charge is -2.19. The van der Waals surface area contributed by atoms with Gasteiger partial charge in [0.2, 0.25) is 0 Å². The molecule has 1 N–H and O–H groups in total. The van der Waals surface area contributed by atoms with Crippen molar-refractivity contribution in [2.45, 2.75) is 44.9 Å². The third kappa shape index (κ3) is 4.79. The van der Waals surface area contributed by atoms with E-state index in [1.807, 2.05) is 43.7 Å². The molecule has 29 heavy (non-hydrogen) atoms. The van der Waals surface area contributed by atoms with Crippen LogP contribution in [0, 0.1) is 0 Å². The second-order valence-corrected chi connectivity index (χ2v) is 8.39. The monoisotopic (exact) mass is 408 g/mol. The summed E-state index contributed by atoms with van der Waals surface area (Å²) < 4.78 is 6.97. The summed E-state index contributed by atoms with van der Waals surface area (Å²) in [5, 5.41) is 8.89. The summed E-state index contributed by atoms with van der Waals surface area (Å²) in [5.41, 5.74) is 4.10. The van der Waals surface area contributed by atoms with E-state index >= 15 is 0 Å². The molecule has 0 fully saturated rings. The van der Waals surface area contributed by atoms with Crippen LogP contribution in [0.3, 0.4) is 0 Å². The Balaban J connectivity index is 0.00000117. The summed E-state index contributed by atoms with van der Waals surface area (Å²) in [5.74, 6) is 0.875. The highest BCUT2D eigenvalue weighted by molar-refractivity contribution is 8.00. The van der Waals surface area contributed by atoms with Crippen molar-refractivity contribution in [1.82, 2.24) is 24.4 Å². The predicted octanol–water partition coefficient (Wildman–Crippen LogP) is 5.57. The van der Waals surface area contributed by atoms with Gasteiger partial charge in [-0.2, -0.15) is 14.7 Å². The lowest BCUT2D eigenvalue weighted by molar-refractivity contribution is 0.590. The predicted molar refractivity (Wildman–Crippen MR) is 121 cm³/mol. The maximum absolute atomic E-state index is 4.68. The summed E-state index contributed by atoms with van der Waals surface area (Å²) in [6.07, 6.45) is 5.54. The number of hydrogen-bond donors (Lipinski definition) is 1. The Bertz CT molecular complexity index is 1070. The van der Waals surface area contributed by atoms with Gasteiger partial charge in [-0.15, -0.1) is 0 Å². The van der Waals surface area contributed by atoms with Crippen molar-refractivity contribution >= 4 is 23.4 Å². The van der Waals surface area contributed by atoms with Crippen molar-refractivity contribution in [3.8, 4) is 11.3 Å². The molecule has 1 aromatic carbocycles. The molecule has 4 aromatic rings. The van der Waals surface area contributed by atoms with Crippen LogP contribution in [0.1, 0.15) is 40.2 Å². The topological polar surface area (TPSA) is 60.0 Å². The molecule has 0 spiro atoms. The number of fused-ring (bicyclic) bond motifs is 1. The Kier molecular flexibility index (Phi) is 6.27. The minimum absolute atomic E-state index is 0.158. The van der Waals surface area contributed by atoms with Gasteiger partial charge in [-0.05, 0) is 41.1 Å². The summed E-state index contributed by atoms with van der Waals surface area (Å²) in [7, 11) is 1.89. The first-order chi connectivity index (χ1) is 13.9. The molecule has 0 aliphatic heterocycles. The molecule has 6 nitrogen and oxygen atoms in total. The van der Waals surface area contributed by atoms with Gasteiger partial charge in [0.25, 0.3) is 0 Å². The van der Waals surface area contributed by atoms with E-state index in [2.05, 4.69) is 64.9 Å². The van der Waals surface area contributed by atoms with Crippen molar-refractivity contribution in [2.24, 2.45) is 7.05 Å². The fraction of sp³-hybridized carbons (Fsp3) is 0.318. The van der Waals surface area contributed by atoms with Crippen LogP contribution in [0.25, 0.3) is 16.9 Å². The molecule has 3 heterocycles. The van der Waals surface area contributed by atoms with Gasteiger partial charge >= 0.3 is 0 Å². The molecule has 0 saturated carbocycles. The zero-order chi connectivity index (χ0) is 21.0. The van der Waals surface area contributed by atoms with Gasteiger partial charge in [0.15, 0.2) is 5.65 Å². The molecule has 0 aliphatic rings. The highest BCUT2D eigenvalue weighted by Crippen LogP contribution is 2.27. The Labute approximate surface area is 176 Å². The Morgan fingerprint density at radius 1 is 1.03 bits per heavy atom. The van der Waals surface area contributed by atoms with Crippen LogP contribution in [0.15, 0.2) is 59.9 Å². The maximum atomic E-state index is 4.68. The third-order valence-electron chi connectivity index (χ3n) is 4.35. The van der Waals surface area contributed by atoms with Gasteiger partial charge in [-0.3, -0.25) is 4.68 Å². The molecule has 0 unspecified atom stereocenters. The smallest absolute Gasteiger partial charge is 0.157 e. The second kappa shape index (κ2) is 8.69. The van der Waals surface area contributed by atoms with Gasteiger partial charge in [0.1, 0.15) is 5.82 Å². The van der Waals surface area contributed by atoms with E-state index < -0.39 is 0 Å². The number of nitrogens with zero attached hydrogens (tertiary/aromatic N) is 5. The molecule has 0 bridgehead atoms. The summed E-state index contributed by atoms with van der Waals surface area (Å²) in [6.45, 7) is 10.7. The Morgan fingerprint density at radius 2 is 1.76 bits per heavy atom. The largest absolute Gasteiger partial charge is 0.310 e. The van der Waals surface area contributed by atoms with Gasteiger partial charge in [0, 0.05) is 36.0 Å². The van der Waals surface area contributed by atoms with E-state index in [4.69, 9.17) is 0 Å². The lowest BCUT2D eigenvalue weighted by atomic mass is 9.87. The van der Waals surface area contributed by atoms with Crippen molar-refractivity contribution in [3.63, 3.8) is 0 Å². The first-order valence-electron chi connectivity index (χ1n) is 9.77. The molecule has 152 valence electrons. The molecule has 7 heteroatoms. The Morgan fingerprint density at radius 3 is 2.38 bits per heavy atom. The van der Waals surface area contributed by atoms with Gasteiger partial charge in [0.05, 0.1) is 11.9 Å². The summed E-state index contributed by atoms with van der Waals surface area (Å²) in [6, 6.07) is 12.5. The van der Waals surface area contributed by atoms with Gasteiger partial charge in [-0.25, -0.2) is 4.98 Å². The average molecular weight is 409 g/mol. The van der Waals surface area contributed by atoms with Crippen LogP contribution >= 0.6 is 11.9 Å². The van der Waals surface area contributed by atoms with Crippen LogP contribution in [0.2, 0.25) is 0 Å². The number of rotatable bonds is 4. The molecular formula is C22H28N6S. The molecule has 3 aromatic heterocycles. The maximum Gasteiger partial charge on any atom is 0.157 e. The Hall–Kier alpha value is -2.80. The van der Waals surface area contributed by atoms with Gasteiger partial charge < -0.3 is 4.72 Å². The van der Waals surface area contributed by atoms with Gasteiger partial charge in [-0.1, -0.05) is 46.8 Å². The average Bonchev–Trinajstić information content (AvgIpc) is 3.34. The second-order valence-electron chi connectivity index (χ2n) is 7.51. The number of hydrogen-bond acceptors (Lipinski definition) is 5. The number of aromatic nitrogens is 5. The fourth-order valence-corrected chi connectivity index (χ4v) is 3.45. The number of nitrogens with one attached hydrogen (secondary N) is 1. The van der Waals surface area contributed by atoms with Crippen molar-refractivity contribution in [2.75, 3.05) is 4.72 Å². The van der Waals surface area contributed by atoms with Crippen LogP contribution in [-0.4, -0.2) is 24.4 Å². The normalized spacial score (nSPS) is 11.2. The van der Waals surface area contributed by atoms with Crippen molar-refractivity contribution in [1.29, 1.82) is 0 Å².